The van der Waals surface area contributed by atoms with Gasteiger partial charge in [0.25, 0.3) is 5.91 Å². The highest BCUT2D eigenvalue weighted by molar-refractivity contribution is 9.10. The van der Waals surface area contributed by atoms with Crippen LogP contribution in [-0.4, -0.2) is 31.5 Å². The SMILES string of the molecule is COC(=O)CCC(=O)NNC(=O)COc1ccc(Br)cc1C. The highest BCUT2D eigenvalue weighted by atomic mass is 79.9. The summed E-state index contributed by atoms with van der Waals surface area (Å²) in [6.45, 7) is 1.62. The Hall–Kier alpha value is -2.09. The minimum atomic E-state index is -0.506. The zero-order valence-corrected chi connectivity index (χ0v) is 13.9. The van der Waals surface area contributed by atoms with Gasteiger partial charge in [0.05, 0.1) is 13.5 Å². The molecule has 0 aliphatic rings. The second-order valence-electron chi connectivity index (χ2n) is 4.37. The molecule has 0 atom stereocenters. The molecule has 0 aromatic heterocycles. The van der Waals surface area contributed by atoms with Gasteiger partial charge in [-0.1, -0.05) is 15.9 Å². The molecule has 0 spiro atoms. The number of halogens is 1. The number of hydrazine groups is 1. The fourth-order valence-corrected chi connectivity index (χ4v) is 1.95. The third-order valence-electron chi connectivity index (χ3n) is 2.62. The summed E-state index contributed by atoms with van der Waals surface area (Å²) in [5.41, 5.74) is 5.27. The molecule has 0 aliphatic carbocycles. The van der Waals surface area contributed by atoms with Gasteiger partial charge >= 0.3 is 5.97 Å². The third-order valence-corrected chi connectivity index (χ3v) is 3.11. The summed E-state index contributed by atoms with van der Waals surface area (Å²) in [6.07, 6.45) is -0.119. The number of ether oxygens (including phenoxy) is 2. The molecule has 0 bridgehead atoms. The summed E-state index contributed by atoms with van der Waals surface area (Å²) >= 11 is 3.33. The molecule has 8 heteroatoms. The smallest absolute Gasteiger partial charge is 0.306 e. The van der Waals surface area contributed by atoms with Gasteiger partial charge in [0.15, 0.2) is 6.61 Å². The Labute approximate surface area is 136 Å². The van der Waals surface area contributed by atoms with Crippen LogP contribution in [0.4, 0.5) is 0 Å². The van der Waals surface area contributed by atoms with Gasteiger partial charge in [0, 0.05) is 10.9 Å². The fourth-order valence-electron chi connectivity index (χ4n) is 1.47. The zero-order chi connectivity index (χ0) is 16.5. The van der Waals surface area contributed by atoms with E-state index in [4.69, 9.17) is 4.74 Å². The first-order chi connectivity index (χ1) is 10.4. The highest BCUT2D eigenvalue weighted by Crippen LogP contribution is 2.21. The topological polar surface area (TPSA) is 93.7 Å². The molecule has 0 aliphatic heterocycles. The number of nitrogens with one attached hydrogen (secondary N) is 2. The molecule has 0 radical (unpaired) electrons. The first-order valence-corrected chi connectivity index (χ1v) is 7.25. The molecule has 22 heavy (non-hydrogen) atoms. The van der Waals surface area contributed by atoms with Crippen LogP contribution in [0.3, 0.4) is 0 Å². The first kappa shape index (κ1) is 18.0. The second kappa shape index (κ2) is 9.04. The molecule has 120 valence electrons. The van der Waals surface area contributed by atoms with Crippen LogP contribution in [0, 0.1) is 6.92 Å². The summed E-state index contributed by atoms with van der Waals surface area (Å²) in [5.74, 6) is -0.904. The molecular formula is C14H17BrN2O5. The van der Waals surface area contributed by atoms with Gasteiger partial charge in [-0.3, -0.25) is 25.2 Å². The molecule has 2 N–H and O–H groups in total. The van der Waals surface area contributed by atoms with Crippen molar-refractivity contribution in [2.24, 2.45) is 0 Å². The molecule has 0 saturated heterocycles. The van der Waals surface area contributed by atoms with Crippen LogP contribution in [0.15, 0.2) is 22.7 Å². The first-order valence-electron chi connectivity index (χ1n) is 6.46. The Morgan fingerprint density at radius 1 is 1.14 bits per heavy atom. The van der Waals surface area contributed by atoms with Crippen molar-refractivity contribution in [3.05, 3.63) is 28.2 Å². The number of amides is 2. The Bertz CT molecular complexity index is 562. The van der Waals surface area contributed by atoms with Crippen LogP contribution in [0.25, 0.3) is 0 Å². The number of rotatable bonds is 6. The normalized spacial score (nSPS) is 9.77. The van der Waals surface area contributed by atoms with Gasteiger partial charge in [-0.15, -0.1) is 0 Å². The van der Waals surface area contributed by atoms with E-state index in [0.29, 0.717) is 5.75 Å². The number of hydrogen-bond donors (Lipinski definition) is 2. The van der Waals surface area contributed by atoms with Crippen LogP contribution in [0.1, 0.15) is 18.4 Å². The van der Waals surface area contributed by atoms with Crippen molar-refractivity contribution < 1.29 is 23.9 Å². The van der Waals surface area contributed by atoms with E-state index in [1.807, 2.05) is 13.0 Å². The predicted octanol–water partition coefficient (Wildman–Crippen LogP) is 1.24. The summed E-state index contributed by atoms with van der Waals surface area (Å²) in [6, 6.07) is 5.40. The van der Waals surface area contributed by atoms with Crippen molar-refractivity contribution in [2.75, 3.05) is 13.7 Å². The van der Waals surface area contributed by atoms with Crippen molar-refractivity contribution in [1.82, 2.24) is 10.9 Å². The maximum atomic E-state index is 11.5. The van der Waals surface area contributed by atoms with Crippen molar-refractivity contribution in [3.63, 3.8) is 0 Å². The van der Waals surface area contributed by atoms with Crippen LogP contribution in [0.5, 0.6) is 5.75 Å². The predicted molar refractivity (Wildman–Crippen MR) is 81.9 cm³/mol. The lowest BCUT2D eigenvalue weighted by atomic mass is 10.2. The number of carbonyl (C=O) groups excluding carboxylic acids is 3. The lowest BCUT2D eigenvalue weighted by Gasteiger charge is -2.10. The largest absolute Gasteiger partial charge is 0.483 e. The lowest BCUT2D eigenvalue weighted by Crippen LogP contribution is -2.43. The maximum absolute atomic E-state index is 11.5. The molecule has 0 heterocycles. The van der Waals surface area contributed by atoms with E-state index < -0.39 is 17.8 Å². The van der Waals surface area contributed by atoms with E-state index in [0.717, 1.165) is 10.0 Å². The maximum Gasteiger partial charge on any atom is 0.306 e. The number of carbonyl (C=O) groups is 3. The summed E-state index contributed by atoms with van der Waals surface area (Å²) in [5, 5.41) is 0. The molecule has 1 aromatic carbocycles. The zero-order valence-electron chi connectivity index (χ0n) is 12.3. The molecule has 1 rings (SSSR count). The Morgan fingerprint density at radius 3 is 2.45 bits per heavy atom. The van der Waals surface area contributed by atoms with Crippen LogP contribution in [0.2, 0.25) is 0 Å². The number of methoxy groups -OCH3 is 1. The molecular weight excluding hydrogens is 356 g/mol. The van der Waals surface area contributed by atoms with E-state index in [2.05, 4.69) is 31.5 Å². The molecule has 0 saturated carbocycles. The van der Waals surface area contributed by atoms with Gasteiger partial charge in [0.2, 0.25) is 5.91 Å². The van der Waals surface area contributed by atoms with E-state index in [-0.39, 0.29) is 19.4 Å². The van der Waals surface area contributed by atoms with Crippen molar-refractivity contribution in [2.45, 2.75) is 19.8 Å². The van der Waals surface area contributed by atoms with Gasteiger partial charge < -0.3 is 9.47 Å². The van der Waals surface area contributed by atoms with Crippen molar-refractivity contribution in [1.29, 1.82) is 0 Å². The fraction of sp³-hybridized carbons (Fsp3) is 0.357. The van der Waals surface area contributed by atoms with Gasteiger partial charge in [-0.25, -0.2) is 0 Å². The molecule has 7 nitrogen and oxygen atoms in total. The monoisotopic (exact) mass is 372 g/mol. The van der Waals surface area contributed by atoms with Gasteiger partial charge in [-0.05, 0) is 30.7 Å². The number of aryl methyl sites for hydroxylation is 1. The Morgan fingerprint density at radius 2 is 1.82 bits per heavy atom. The third kappa shape index (κ3) is 6.57. The Kier molecular flexibility index (Phi) is 7.38. The van der Waals surface area contributed by atoms with Gasteiger partial charge in [-0.2, -0.15) is 0 Å². The van der Waals surface area contributed by atoms with Crippen molar-refractivity contribution in [3.8, 4) is 5.75 Å². The highest BCUT2D eigenvalue weighted by Gasteiger charge is 2.09. The van der Waals surface area contributed by atoms with E-state index in [1.165, 1.54) is 7.11 Å². The Balaban J connectivity index is 2.28. The van der Waals surface area contributed by atoms with Gasteiger partial charge in [0.1, 0.15) is 5.75 Å². The quantitative estimate of drug-likeness (QED) is 0.578. The van der Waals surface area contributed by atoms with E-state index >= 15 is 0 Å². The molecule has 2 amide bonds. The average molecular weight is 373 g/mol. The summed E-state index contributed by atoms with van der Waals surface area (Å²) in [7, 11) is 1.24. The minimum absolute atomic E-state index is 0.0488. The van der Waals surface area contributed by atoms with E-state index in [1.54, 1.807) is 12.1 Å². The second-order valence-corrected chi connectivity index (χ2v) is 5.29. The minimum Gasteiger partial charge on any atom is -0.483 e. The molecule has 0 fully saturated rings. The number of benzene rings is 1. The lowest BCUT2D eigenvalue weighted by molar-refractivity contribution is -0.142. The molecule has 1 aromatic rings. The van der Waals surface area contributed by atoms with Crippen LogP contribution in [-0.2, 0) is 19.1 Å². The number of esters is 1. The van der Waals surface area contributed by atoms with Crippen LogP contribution < -0.4 is 15.6 Å². The van der Waals surface area contributed by atoms with Crippen molar-refractivity contribution >= 4 is 33.7 Å². The number of hydrogen-bond acceptors (Lipinski definition) is 5. The van der Waals surface area contributed by atoms with Crippen LogP contribution >= 0.6 is 15.9 Å². The van der Waals surface area contributed by atoms with E-state index in [9.17, 15) is 14.4 Å². The standard InChI is InChI=1S/C14H17BrN2O5/c1-9-7-10(15)3-4-11(9)22-8-13(19)17-16-12(18)5-6-14(20)21-2/h3-4,7H,5-6,8H2,1-2H3,(H,16,18)(H,17,19). The summed E-state index contributed by atoms with van der Waals surface area (Å²) < 4.78 is 10.7. The summed E-state index contributed by atoms with van der Waals surface area (Å²) in [4.78, 5) is 33.8. The average Bonchev–Trinajstić information content (AvgIpc) is 2.49. The molecule has 0 unspecified atom stereocenters.